The minimum absolute atomic E-state index is 0.0281. The molecule has 3 aliphatic rings. The average molecular weight is 815 g/mol. The fourth-order valence-corrected chi connectivity index (χ4v) is 8.64. The van der Waals surface area contributed by atoms with Crippen molar-refractivity contribution in [3.8, 4) is 0 Å². The van der Waals surface area contributed by atoms with Gasteiger partial charge in [0.2, 0.25) is 0 Å². The van der Waals surface area contributed by atoms with E-state index in [0.29, 0.717) is 6.42 Å². The van der Waals surface area contributed by atoms with Gasteiger partial charge in [-0.1, -0.05) is 58.0 Å². The summed E-state index contributed by atoms with van der Waals surface area (Å²) in [6.07, 6.45) is -6.53. The average Bonchev–Trinajstić information content (AvgIpc) is 3.34. The van der Waals surface area contributed by atoms with E-state index < -0.39 is 131 Å². The van der Waals surface area contributed by atoms with Gasteiger partial charge >= 0.3 is 41.8 Å². The Balaban J connectivity index is 2.30. The summed E-state index contributed by atoms with van der Waals surface area (Å²) in [7, 11) is 0. The van der Waals surface area contributed by atoms with Gasteiger partial charge in [0.1, 0.15) is 12.2 Å². The van der Waals surface area contributed by atoms with Gasteiger partial charge in [0, 0.05) is 71.8 Å². The first-order valence-corrected chi connectivity index (χ1v) is 19.3. The molecule has 1 aromatic carbocycles. The minimum Gasteiger partial charge on any atom is -0.458 e. The Morgan fingerprint density at radius 3 is 1.90 bits per heavy atom. The van der Waals surface area contributed by atoms with Crippen molar-refractivity contribution in [3.63, 3.8) is 0 Å². The Morgan fingerprint density at radius 1 is 0.759 bits per heavy atom. The molecular formula is C42H54O16. The van der Waals surface area contributed by atoms with E-state index >= 15 is 4.79 Å². The van der Waals surface area contributed by atoms with Crippen LogP contribution in [0.25, 0.3) is 0 Å². The smallest absolute Gasteiger partial charge is 0.338 e. The second-order valence-corrected chi connectivity index (χ2v) is 16.0. The lowest BCUT2D eigenvalue weighted by molar-refractivity contribution is -0.268. The van der Waals surface area contributed by atoms with E-state index in [2.05, 4.69) is 0 Å². The lowest BCUT2D eigenvalue weighted by Crippen LogP contribution is -2.71. The molecule has 0 amide bonds. The molecule has 16 heteroatoms. The number of hydrogen-bond acceptors (Lipinski definition) is 16. The van der Waals surface area contributed by atoms with E-state index in [0.717, 1.165) is 34.6 Å². The molecule has 10 atom stereocenters. The first kappa shape index (κ1) is 45.6. The quantitative estimate of drug-likeness (QED) is 0.183. The van der Waals surface area contributed by atoms with Crippen LogP contribution in [-0.4, -0.2) is 101 Å². The fourth-order valence-electron chi connectivity index (χ4n) is 8.64. The fraction of sp³-hybridized carbons (Fsp3) is 0.619. The van der Waals surface area contributed by atoms with Crippen molar-refractivity contribution in [2.75, 3.05) is 6.61 Å². The van der Waals surface area contributed by atoms with Crippen molar-refractivity contribution < 1.29 is 76.3 Å². The van der Waals surface area contributed by atoms with Crippen LogP contribution in [0.2, 0.25) is 0 Å². The highest BCUT2D eigenvalue weighted by atomic mass is 16.7. The summed E-state index contributed by atoms with van der Waals surface area (Å²) in [5.41, 5.74) is -8.00. The van der Waals surface area contributed by atoms with Crippen molar-refractivity contribution in [2.45, 2.75) is 142 Å². The number of allylic oxidation sites excluding steroid dienone is 1. The Hall–Kier alpha value is -5.12. The van der Waals surface area contributed by atoms with Crippen LogP contribution in [0, 0.1) is 17.3 Å². The highest BCUT2D eigenvalue weighted by molar-refractivity contribution is 5.94. The number of rotatable bonds is 10. The van der Waals surface area contributed by atoms with E-state index in [1.54, 1.807) is 45.0 Å². The van der Waals surface area contributed by atoms with Crippen molar-refractivity contribution >= 4 is 47.6 Å². The molecule has 1 saturated heterocycles. The first-order chi connectivity index (χ1) is 27.0. The molecule has 0 bridgehead atoms. The van der Waals surface area contributed by atoms with E-state index in [-0.39, 0.29) is 12.2 Å². The van der Waals surface area contributed by atoms with Crippen LogP contribution in [0.15, 0.2) is 42.5 Å². The standard InChI is InChI=1S/C42H54O16/c1-11-21-51-37-32(52-24(3)43)36(54-26(5)45)39(8,9)19-17-23(2)33(49)42(57-28(7)47)22-40(10,56-27(6)46)34(53-25(4)44)31(42)35-41(37,20-18-30(48)55-35)58-38(50)29-15-13-12-14-16-29/h12-17,19,23,31-32,34-37H,11,18,20-22H2,1-10H3/b19-17-. The van der Waals surface area contributed by atoms with Crippen molar-refractivity contribution in [1.82, 2.24) is 0 Å². The summed E-state index contributed by atoms with van der Waals surface area (Å²) in [5.74, 6) is -9.98. The maximum Gasteiger partial charge on any atom is 0.338 e. The third kappa shape index (κ3) is 9.43. The van der Waals surface area contributed by atoms with Gasteiger partial charge < -0.3 is 37.9 Å². The number of Topliss-reactive ketones (excluding diaryl/α,β-unsaturated/α-hetero) is 1. The summed E-state index contributed by atoms with van der Waals surface area (Å²) in [5, 5.41) is 0. The molecule has 1 aromatic rings. The molecular weight excluding hydrogens is 760 g/mol. The Kier molecular flexibility index (Phi) is 14.0. The Bertz CT molecular complexity index is 1800. The number of hydrogen-bond donors (Lipinski definition) is 0. The molecule has 58 heavy (non-hydrogen) atoms. The van der Waals surface area contributed by atoms with Crippen LogP contribution in [0.4, 0.5) is 0 Å². The number of ether oxygens (including phenoxy) is 8. The van der Waals surface area contributed by atoms with E-state index in [1.165, 1.54) is 32.1 Å². The van der Waals surface area contributed by atoms with Crippen LogP contribution in [0.5, 0.6) is 0 Å². The van der Waals surface area contributed by atoms with Gasteiger partial charge in [-0.05, 0) is 25.5 Å². The van der Waals surface area contributed by atoms with Gasteiger partial charge in [-0.3, -0.25) is 33.6 Å². The number of benzene rings is 1. The van der Waals surface area contributed by atoms with E-state index in [1.807, 2.05) is 0 Å². The van der Waals surface area contributed by atoms with Gasteiger partial charge in [0.05, 0.1) is 11.5 Å². The molecule has 318 valence electrons. The van der Waals surface area contributed by atoms with Crippen molar-refractivity contribution in [1.29, 1.82) is 0 Å². The molecule has 0 aromatic heterocycles. The largest absolute Gasteiger partial charge is 0.458 e. The number of esters is 7. The summed E-state index contributed by atoms with van der Waals surface area (Å²) < 4.78 is 49.4. The molecule has 2 aliphatic carbocycles. The van der Waals surface area contributed by atoms with Crippen LogP contribution in [-0.2, 0) is 71.5 Å². The van der Waals surface area contributed by atoms with Crippen LogP contribution in [0.3, 0.4) is 0 Å². The zero-order valence-electron chi connectivity index (χ0n) is 34.7. The minimum atomic E-state index is -2.43. The van der Waals surface area contributed by atoms with Gasteiger partial charge in [0.25, 0.3) is 0 Å². The maximum atomic E-state index is 15.3. The number of fused-ring (bicyclic) bond motifs is 3. The molecule has 10 unspecified atom stereocenters. The van der Waals surface area contributed by atoms with Gasteiger partial charge in [-0.25, -0.2) is 4.79 Å². The molecule has 0 radical (unpaired) electrons. The van der Waals surface area contributed by atoms with E-state index in [9.17, 15) is 33.6 Å². The SMILES string of the molecule is CCCOC1C(OC(C)=O)C(OC(C)=O)C(C)(C)/C=C\C(C)C(=O)C2(OC(C)=O)CC(C)(OC(C)=O)C(OC(C)=O)C2C2OC(=O)CCC12OC(=O)c1ccccc1. The van der Waals surface area contributed by atoms with Gasteiger partial charge in [-0.2, -0.15) is 0 Å². The second kappa shape index (κ2) is 17.8. The highest BCUT2D eigenvalue weighted by Gasteiger charge is 2.76. The summed E-state index contributed by atoms with van der Waals surface area (Å²) >= 11 is 0. The summed E-state index contributed by atoms with van der Waals surface area (Å²) in [6, 6.07) is 7.74. The van der Waals surface area contributed by atoms with Gasteiger partial charge in [-0.15, -0.1) is 0 Å². The van der Waals surface area contributed by atoms with Crippen LogP contribution < -0.4 is 0 Å². The molecule has 0 N–H and O–H groups in total. The third-order valence-electron chi connectivity index (χ3n) is 10.7. The number of ketones is 1. The number of carbonyl (C=O) groups is 8. The monoisotopic (exact) mass is 814 g/mol. The summed E-state index contributed by atoms with van der Waals surface area (Å²) in [6.45, 7) is 13.3. The van der Waals surface area contributed by atoms with Crippen molar-refractivity contribution in [2.24, 2.45) is 17.3 Å². The molecule has 1 saturated carbocycles. The molecule has 0 spiro atoms. The predicted molar refractivity (Wildman–Crippen MR) is 200 cm³/mol. The second-order valence-electron chi connectivity index (χ2n) is 16.0. The van der Waals surface area contributed by atoms with Crippen molar-refractivity contribution in [3.05, 3.63) is 48.0 Å². The lowest BCUT2D eigenvalue weighted by atomic mass is 9.66. The number of carbonyl (C=O) groups excluding carboxylic acids is 8. The molecule has 2 fully saturated rings. The zero-order chi connectivity index (χ0) is 43.4. The molecule has 1 aliphatic heterocycles. The van der Waals surface area contributed by atoms with E-state index in [4.69, 9.17) is 37.9 Å². The lowest BCUT2D eigenvalue weighted by Gasteiger charge is -2.54. The predicted octanol–water partition coefficient (Wildman–Crippen LogP) is 4.32. The molecule has 1 heterocycles. The maximum absolute atomic E-state index is 15.3. The zero-order valence-corrected chi connectivity index (χ0v) is 34.7. The molecule has 16 nitrogen and oxygen atoms in total. The topological polar surface area (TPSA) is 210 Å². The normalized spacial score (nSPS) is 33.6. The first-order valence-electron chi connectivity index (χ1n) is 19.3. The van der Waals surface area contributed by atoms with Crippen LogP contribution >= 0.6 is 0 Å². The Morgan fingerprint density at radius 2 is 1.34 bits per heavy atom. The Labute approximate surface area is 337 Å². The summed E-state index contributed by atoms with van der Waals surface area (Å²) in [4.78, 5) is 109. The highest BCUT2D eigenvalue weighted by Crippen LogP contribution is 2.57. The third-order valence-corrected chi connectivity index (χ3v) is 10.7. The molecule has 4 rings (SSSR count). The van der Waals surface area contributed by atoms with Gasteiger partial charge in [0.15, 0.2) is 40.9 Å². The van der Waals surface area contributed by atoms with Crippen LogP contribution in [0.1, 0.15) is 105 Å².